The molecule has 11 nitrogen and oxygen atoms in total. The second kappa shape index (κ2) is 14.9. The number of nitrogens with zero attached hydrogens (tertiary/aromatic N) is 6. The van der Waals surface area contributed by atoms with Crippen molar-refractivity contribution in [2.75, 3.05) is 18.4 Å². The summed E-state index contributed by atoms with van der Waals surface area (Å²) >= 11 is 12.6. The molecule has 0 bridgehead atoms. The number of fused-ring (bicyclic) bond motifs is 1. The maximum absolute atomic E-state index is 13.4. The number of rotatable bonds is 17. The van der Waals surface area contributed by atoms with Crippen LogP contribution in [0.2, 0.25) is 10.6 Å². The minimum atomic E-state index is -0.441. The zero-order valence-electron chi connectivity index (χ0n) is 23.2. The number of hydrogen-bond donors (Lipinski definition) is 2. The van der Waals surface area contributed by atoms with Gasteiger partial charge in [0.1, 0.15) is 0 Å². The molecule has 2 N–H and O–H groups in total. The number of anilines is 1. The highest BCUT2D eigenvalue weighted by atomic mass is 35.5. The highest BCUT2D eigenvalue weighted by Gasteiger charge is 2.22. The molecule has 0 aliphatic heterocycles. The number of nitrogens with one attached hydrogen (secondary N) is 2. The molecule has 3 aromatic heterocycles. The SMILES string of the molecule is C=CCn1c(Cl)nc(NCCCC)c1C(=O)NCCCCn1c(=O)c2c(nc(Cl)n2CC=C)n(CCCC)c1=O. The molecule has 3 rings (SSSR count). The van der Waals surface area contributed by atoms with Crippen molar-refractivity contribution in [1.82, 2.24) is 33.6 Å². The van der Waals surface area contributed by atoms with E-state index in [1.165, 1.54) is 9.13 Å². The monoisotopic (exact) mass is 592 g/mol. The Labute approximate surface area is 243 Å². The van der Waals surface area contributed by atoms with Crippen molar-refractivity contribution >= 4 is 46.1 Å². The lowest BCUT2D eigenvalue weighted by Crippen LogP contribution is -2.41. The first-order valence-electron chi connectivity index (χ1n) is 13.7. The number of imidazole rings is 2. The minimum Gasteiger partial charge on any atom is -0.368 e. The van der Waals surface area contributed by atoms with Crippen LogP contribution in [0, 0.1) is 0 Å². The van der Waals surface area contributed by atoms with Gasteiger partial charge >= 0.3 is 5.69 Å². The van der Waals surface area contributed by atoms with Crippen LogP contribution in [-0.4, -0.2) is 47.2 Å². The summed E-state index contributed by atoms with van der Waals surface area (Å²) in [7, 11) is 0. The van der Waals surface area contributed by atoms with Crippen molar-refractivity contribution in [2.45, 2.75) is 78.6 Å². The number of aromatic nitrogens is 6. The van der Waals surface area contributed by atoms with Crippen LogP contribution in [-0.2, 0) is 26.2 Å². The Hall–Kier alpha value is -3.31. The fourth-order valence-electron chi connectivity index (χ4n) is 4.41. The molecule has 0 aromatic carbocycles. The van der Waals surface area contributed by atoms with E-state index in [1.54, 1.807) is 21.3 Å². The van der Waals surface area contributed by atoms with Gasteiger partial charge in [-0.1, -0.05) is 38.8 Å². The van der Waals surface area contributed by atoms with Crippen LogP contribution in [0.1, 0.15) is 62.9 Å². The minimum absolute atomic E-state index is 0.136. The van der Waals surface area contributed by atoms with Crippen molar-refractivity contribution in [3.8, 4) is 0 Å². The van der Waals surface area contributed by atoms with E-state index in [0.29, 0.717) is 57.1 Å². The third kappa shape index (κ3) is 6.87. The van der Waals surface area contributed by atoms with Crippen LogP contribution in [0.3, 0.4) is 0 Å². The van der Waals surface area contributed by atoms with E-state index in [2.05, 4.69) is 40.7 Å². The normalized spacial score (nSPS) is 11.2. The Morgan fingerprint density at radius 2 is 1.50 bits per heavy atom. The number of amides is 1. The van der Waals surface area contributed by atoms with E-state index in [-0.39, 0.29) is 34.2 Å². The Bertz CT molecular complexity index is 1470. The average Bonchev–Trinajstić information content (AvgIpc) is 3.42. The molecule has 0 aliphatic rings. The first kappa shape index (κ1) is 31.2. The van der Waals surface area contributed by atoms with Crippen LogP contribution >= 0.6 is 23.2 Å². The predicted molar refractivity (Wildman–Crippen MR) is 161 cm³/mol. The van der Waals surface area contributed by atoms with Crippen LogP contribution in [0.15, 0.2) is 34.9 Å². The van der Waals surface area contributed by atoms with Gasteiger partial charge < -0.3 is 19.8 Å². The Balaban J connectivity index is 1.75. The number of hydrogen-bond acceptors (Lipinski definition) is 6. The van der Waals surface area contributed by atoms with Gasteiger partial charge in [0.15, 0.2) is 22.7 Å². The highest BCUT2D eigenvalue weighted by Crippen LogP contribution is 2.22. The van der Waals surface area contributed by atoms with Gasteiger partial charge in [-0.3, -0.25) is 18.7 Å². The number of aryl methyl sites for hydroxylation is 1. The Morgan fingerprint density at radius 1 is 0.850 bits per heavy atom. The first-order valence-corrected chi connectivity index (χ1v) is 14.4. The predicted octanol–water partition coefficient (Wildman–Crippen LogP) is 4.46. The smallest absolute Gasteiger partial charge is 0.332 e. The summed E-state index contributed by atoms with van der Waals surface area (Å²) in [5.41, 5.74) is 0.0552. The molecular formula is C27H38Cl2N8O3. The molecule has 1 amide bonds. The highest BCUT2D eigenvalue weighted by molar-refractivity contribution is 6.29. The van der Waals surface area contributed by atoms with Gasteiger partial charge in [-0.25, -0.2) is 4.79 Å². The Morgan fingerprint density at radius 3 is 2.17 bits per heavy atom. The third-order valence-corrected chi connectivity index (χ3v) is 7.06. The molecule has 0 atom stereocenters. The molecule has 0 radical (unpaired) electrons. The molecule has 40 heavy (non-hydrogen) atoms. The lowest BCUT2D eigenvalue weighted by Gasteiger charge is -2.13. The zero-order valence-corrected chi connectivity index (χ0v) is 24.7. The number of carbonyl (C=O) groups is 1. The molecule has 0 aliphatic carbocycles. The molecule has 3 heterocycles. The van der Waals surface area contributed by atoms with E-state index >= 15 is 0 Å². The second-order valence-corrected chi connectivity index (χ2v) is 10.1. The standard InChI is InChI=1S/C27H38Cl2N8O3/c1-5-9-13-30-21-19(34(15-7-3)25(28)32-21)23(38)31-14-11-12-18-37-24(39)20-22(33-26(29)35(20)16-8-4)36(27(37)40)17-10-6-2/h7-8,30H,3-6,9-18H2,1-2H3,(H,31,38). The topological polar surface area (TPSA) is 121 Å². The summed E-state index contributed by atoms with van der Waals surface area (Å²) in [5, 5.41) is 6.44. The van der Waals surface area contributed by atoms with E-state index in [0.717, 1.165) is 25.7 Å². The molecule has 0 saturated carbocycles. The van der Waals surface area contributed by atoms with Crippen molar-refractivity contribution in [3.05, 3.63) is 62.4 Å². The number of allylic oxidation sites excluding steroid dienone is 2. The quantitative estimate of drug-likeness (QED) is 0.136. The van der Waals surface area contributed by atoms with Gasteiger partial charge in [-0.2, -0.15) is 9.97 Å². The van der Waals surface area contributed by atoms with E-state index in [4.69, 9.17) is 23.2 Å². The number of carbonyl (C=O) groups excluding carboxylic acids is 1. The number of unbranched alkanes of at least 4 members (excludes halogenated alkanes) is 3. The van der Waals surface area contributed by atoms with E-state index in [9.17, 15) is 14.4 Å². The maximum atomic E-state index is 13.4. The van der Waals surface area contributed by atoms with Gasteiger partial charge in [0.25, 0.3) is 11.5 Å². The van der Waals surface area contributed by atoms with Gasteiger partial charge in [0.2, 0.25) is 10.6 Å². The fraction of sp³-hybridized carbons (Fsp3) is 0.519. The summed E-state index contributed by atoms with van der Waals surface area (Å²) < 4.78 is 5.91. The summed E-state index contributed by atoms with van der Waals surface area (Å²) in [6, 6.07) is 0. The van der Waals surface area contributed by atoms with Crippen LogP contribution in [0.25, 0.3) is 11.2 Å². The van der Waals surface area contributed by atoms with Gasteiger partial charge in [0.05, 0.1) is 0 Å². The van der Waals surface area contributed by atoms with Crippen LogP contribution in [0.4, 0.5) is 5.82 Å². The van der Waals surface area contributed by atoms with Crippen LogP contribution in [0.5, 0.6) is 0 Å². The Kier molecular flexibility index (Phi) is 11.6. The molecule has 218 valence electrons. The molecule has 3 aromatic rings. The van der Waals surface area contributed by atoms with Crippen molar-refractivity contribution < 1.29 is 4.79 Å². The van der Waals surface area contributed by atoms with Gasteiger partial charge in [-0.15, -0.1) is 13.2 Å². The largest absolute Gasteiger partial charge is 0.368 e. The lowest BCUT2D eigenvalue weighted by molar-refractivity contribution is 0.0945. The van der Waals surface area contributed by atoms with Crippen LogP contribution < -0.4 is 21.9 Å². The van der Waals surface area contributed by atoms with Crippen molar-refractivity contribution in [3.63, 3.8) is 0 Å². The molecule has 0 saturated heterocycles. The molecule has 0 fully saturated rings. The number of halogens is 2. The fourth-order valence-corrected chi connectivity index (χ4v) is 4.89. The summed E-state index contributed by atoms with van der Waals surface area (Å²) in [5.74, 6) is 0.115. The first-order chi connectivity index (χ1) is 19.3. The lowest BCUT2D eigenvalue weighted by atomic mass is 10.3. The average molecular weight is 594 g/mol. The summed E-state index contributed by atoms with van der Waals surface area (Å²) in [4.78, 5) is 48.4. The summed E-state index contributed by atoms with van der Waals surface area (Å²) in [6.45, 7) is 13.8. The molecular weight excluding hydrogens is 555 g/mol. The zero-order chi connectivity index (χ0) is 29.2. The second-order valence-electron chi connectivity index (χ2n) is 9.42. The molecule has 13 heteroatoms. The van der Waals surface area contributed by atoms with E-state index < -0.39 is 11.2 Å². The van der Waals surface area contributed by atoms with Gasteiger partial charge in [0, 0.05) is 39.3 Å². The van der Waals surface area contributed by atoms with Crippen molar-refractivity contribution in [2.24, 2.45) is 0 Å². The maximum Gasteiger partial charge on any atom is 0.332 e. The molecule has 0 spiro atoms. The van der Waals surface area contributed by atoms with Gasteiger partial charge in [-0.05, 0) is 48.9 Å². The van der Waals surface area contributed by atoms with Crippen molar-refractivity contribution in [1.29, 1.82) is 0 Å². The van der Waals surface area contributed by atoms with E-state index in [1.807, 2.05) is 6.92 Å². The summed E-state index contributed by atoms with van der Waals surface area (Å²) in [6.07, 6.45) is 7.87. The third-order valence-electron chi connectivity index (χ3n) is 6.48. The molecule has 0 unspecified atom stereocenters.